The number of rotatable bonds is 7. The van der Waals surface area contributed by atoms with Crippen LogP contribution in [-0.2, 0) is 0 Å². The molecule has 3 aliphatic heterocycles. The fraction of sp³-hybridized carbons (Fsp3) is 0.455. The predicted molar refractivity (Wildman–Crippen MR) is 159 cm³/mol. The molecular weight excluding hydrogens is 555 g/mol. The lowest BCUT2D eigenvalue weighted by molar-refractivity contribution is 0.165. The van der Waals surface area contributed by atoms with Gasteiger partial charge in [0, 0.05) is 61.2 Å². The molecule has 0 spiro atoms. The highest BCUT2D eigenvalue weighted by Crippen LogP contribution is 2.47. The van der Waals surface area contributed by atoms with Crippen molar-refractivity contribution in [3.8, 4) is 22.9 Å². The maximum Gasteiger partial charge on any atom is 0.319 e. The van der Waals surface area contributed by atoms with Crippen LogP contribution in [0.15, 0.2) is 42.5 Å². The van der Waals surface area contributed by atoms with Gasteiger partial charge in [0.1, 0.15) is 29.1 Å². The van der Waals surface area contributed by atoms with Crippen molar-refractivity contribution in [3.05, 3.63) is 54.1 Å². The van der Waals surface area contributed by atoms with Crippen LogP contribution in [0.5, 0.6) is 11.8 Å². The third-order valence-corrected chi connectivity index (χ3v) is 9.71. The number of phenolic OH excluding ortho intramolecular Hbond substituents is 1. The van der Waals surface area contributed by atoms with E-state index in [1.165, 1.54) is 24.3 Å². The summed E-state index contributed by atoms with van der Waals surface area (Å²) in [6, 6.07) is 11.5. The molecule has 0 amide bonds. The number of hydrogen-bond donors (Lipinski definition) is 2. The first-order valence-corrected chi connectivity index (χ1v) is 15.3. The first-order valence-electron chi connectivity index (χ1n) is 15.3. The maximum absolute atomic E-state index is 16.6. The molecule has 4 aromatic rings. The van der Waals surface area contributed by atoms with E-state index in [0.29, 0.717) is 59.2 Å². The predicted octanol–water partition coefficient (Wildman–Crippen LogP) is 5.58. The van der Waals surface area contributed by atoms with Crippen molar-refractivity contribution < 1.29 is 23.0 Å². The number of piperazine rings is 1. The molecule has 2 bridgehead atoms. The van der Waals surface area contributed by atoms with Gasteiger partial charge in [-0.15, -0.1) is 0 Å². The van der Waals surface area contributed by atoms with E-state index in [9.17, 15) is 13.9 Å². The Morgan fingerprint density at radius 3 is 2.49 bits per heavy atom. The summed E-state index contributed by atoms with van der Waals surface area (Å²) in [5.74, 6) is -0.420. The second kappa shape index (κ2) is 10.2. The SMILES string of the molecule is Oc1cc(-c2ccc3c(N4CC5CCC(C4)N5)nc(OCC4(CN5CCC(F)C5)CC4)nc3c2F)c2cc(F)ccc2c1. The van der Waals surface area contributed by atoms with Crippen molar-refractivity contribution in [2.24, 2.45) is 5.41 Å². The van der Waals surface area contributed by atoms with Gasteiger partial charge in [-0.25, -0.2) is 13.2 Å². The average molecular weight is 590 g/mol. The van der Waals surface area contributed by atoms with Gasteiger partial charge in [-0.05, 0) is 78.8 Å². The molecule has 2 N–H and O–H groups in total. The monoisotopic (exact) mass is 589 g/mol. The first kappa shape index (κ1) is 27.0. The van der Waals surface area contributed by atoms with Crippen LogP contribution in [0.1, 0.15) is 32.1 Å². The Balaban J connectivity index is 1.20. The van der Waals surface area contributed by atoms with Crippen LogP contribution in [0, 0.1) is 17.0 Å². The van der Waals surface area contributed by atoms with E-state index < -0.39 is 17.8 Å². The normalized spacial score (nSPS) is 24.7. The zero-order chi connectivity index (χ0) is 29.3. The average Bonchev–Trinajstić information content (AvgIpc) is 3.51. The second-order valence-corrected chi connectivity index (χ2v) is 13.0. The van der Waals surface area contributed by atoms with Gasteiger partial charge in [-0.3, -0.25) is 4.90 Å². The number of ether oxygens (including phenoxy) is 1. The van der Waals surface area contributed by atoms with Crippen LogP contribution in [0.3, 0.4) is 0 Å². The molecule has 10 heteroatoms. The number of halogens is 3. The van der Waals surface area contributed by atoms with Crippen molar-refractivity contribution in [1.29, 1.82) is 0 Å². The van der Waals surface area contributed by atoms with E-state index in [0.717, 1.165) is 51.9 Å². The van der Waals surface area contributed by atoms with Crippen LogP contribution in [0.4, 0.5) is 19.0 Å². The lowest BCUT2D eigenvalue weighted by atomic mass is 9.96. The van der Waals surface area contributed by atoms with Gasteiger partial charge >= 0.3 is 6.01 Å². The third kappa shape index (κ3) is 5.04. The molecule has 4 fully saturated rings. The number of nitrogens with one attached hydrogen (secondary N) is 1. The van der Waals surface area contributed by atoms with Gasteiger partial charge < -0.3 is 20.1 Å². The second-order valence-electron chi connectivity index (χ2n) is 13.0. The molecule has 3 atom stereocenters. The van der Waals surface area contributed by atoms with Gasteiger partial charge in [0.15, 0.2) is 5.82 Å². The highest BCUT2D eigenvalue weighted by atomic mass is 19.1. The van der Waals surface area contributed by atoms with Gasteiger partial charge in [0.2, 0.25) is 0 Å². The lowest BCUT2D eigenvalue weighted by Crippen LogP contribution is -2.51. The van der Waals surface area contributed by atoms with Crippen LogP contribution in [-0.4, -0.2) is 77.6 Å². The number of aromatic hydroxyl groups is 1. The Morgan fingerprint density at radius 2 is 1.74 bits per heavy atom. The lowest BCUT2D eigenvalue weighted by Gasteiger charge is -2.34. The molecule has 3 unspecified atom stereocenters. The molecule has 7 nitrogen and oxygen atoms in total. The Kier molecular flexibility index (Phi) is 6.41. The summed E-state index contributed by atoms with van der Waals surface area (Å²) >= 11 is 0. The van der Waals surface area contributed by atoms with E-state index in [-0.39, 0.29) is 28.3 Å². The number of alkyl halides is 1. The number of likely N-dealkylation sites (tertiary alicyclic amines) is 1. The molecular formula is C33H34F3N5O2. The summed E-state index contributed by atoms with van der Waals surface area (Å²) in [5.41, 5.74) is 0.650. The minimum absolute atomic E-state index is 0.0379. The molecule has 8 rings (SSSR count). The third-order valence-electron chi connectivity index (χ3n) is 9.71. The smallest absolute Gasteiger partial charge is 0.319 e. The summed E-state index contributed by atoms with van der Waals surface area (Å²) in [6.45, 7) is 3.89. The first-order chi connectivity index (χ1) is 20.8. The van der Waals surface area contributed by atoms with Crippen LogP contribution >= 0.6 is 0 Å². The number of hydrogen-bond acceptors (Lipinski definition) is 7. The van der Waals surface area contributed by atoms with Gasteiger partial charge in [0.05, 0.1) is 6.61 Å². The number of nitrogens with zero attached hydrogens (tertiary/aromatic N) is 4. The summed E-state index contributed by atoms with van der Waals surface area (Å²) < 4.78 is 50.9. The molecule has 4 heterocycles. The highest BCUT2D eigenvalue weighted by Gasteiger charge is 2.46. The number of benzene rings is 3. The summed E-state index contributed by atoms with van der Waals surface area (Å²) in [6.07, 6.45) is 3.96. The van der Waals surface area contributed by atoms with Crippen molar-refractivity contribution >= 4 is 27.5 Å². The van der Waals surface area contributed by atoms with E-state index in [1.807, 2.05) is 6.07 Å². The van der Waals surface area contributed by atoms with Crippen molar-refractivity contribution in [2.75, 3.05) is 44.2 Å². The molecule has 4 aliphatic rings. The van der Waals surface area contributed by atoms with Crippen molar-refractivity contribution in [1.82, 2.24) is 20.2 Å². The van der Waals surface area contributed by atoms with E-state index in [4.69, 9.17) is 9.72 Å². The Bertz CT molecular complexity index is 1720. The topological polar surface area (TPSA) is 73.8 Å². The summed E-state index contributed by atoms with van der Waals surface area (Å²) in [5, 5.41) is 15.7. The molecule has 43 heavy (non-hydrogen) atoms. The quantitative estimate of drug-likeness (QED) is 0.292. The minimum atomic E-state index is -0.769. The molecule has 224 valence electrons. The number of aromatic nitrogens is 2. The maximum atomic E-state index is 16.6. The number of phenols is 1. The van der Waals surface area contributed by atoms with Crippen LogP contribution in [0.2, 0.25) is 0 Å². The Morgan fingerprint density at radius 1 is 0.930 bits per heavy atom. The fourth-order valence-corrected chi connectivity index (χ4v) is 7.29. The van der Waals surface area contributed by atoms with Crippen molar-refractivity contribution in [3.63, 3.8) is 0 Å². The Labute approximate surface area is 247 Å². The number of fused-ring (bicyclic) bond motifs is 4. The molecule has 0 radical (unpaired) electrons. The van der Waals surface area contributed by atoms with Crippen LogP contribution < -0.4 is 15.0 Å². The van der Waals surface area contributed by atoms with E-state index >= 15 is 4.39 Å². The fourth-order valence-electron chi connectivity index (χ4n) is 7.29. The van der Waals surface area contributed by atoms with E-state index in [2.05, 4.69) is 20.1 Å². The zero-order valence-electron chi connectivity index (χ0n) is 23.8. The summed E-state index contributed by atoms with van der Waals surface area (Å²) in [4.78, 5) is 13.8. The Hall–Kier alpha value is -3.63. The molecule has 1 aliphatic carbocycles. The highest BCUT2D eigenvalue weighted by molar-refractivity contribution is 6.01. The molecule has 1 aromatic heterocycles. The van der Waals surface area contributed by atoms with Gasteiger partial charge in [-0.2, -0.15) is 9.97 Å². The molecule has 3 saturated heterocycles. The van der Waals surface area contributed by atoms with Crippen LogP contribution in [0.25, 0.3) is 32.8 Å². The van der Waals surface area contributed by atoms with Gasteiger partial charge in [-0.1, -0.05) is 12.1 Å². The van der Waals surface area contributed by atoms with Gasteiger partial charge in [0.25, 0.3) is 0 Å². The minimum Gasteiger partial charge on any atom is -0.508 e. The summed E-state index contributed by atoms with van der Waals surface area (Å²) in [7, 11) is 0. The van der Waals surface area contributed by atoms with E-state index in [1.54, 1.807) is 12.1 Å². The largest absolute Gasteiger partial charge is 0.508 e. The molecule has 1 saturated carbocycles. The number of anilines is 1. The standard InChI is InChI=1S/C33H34F3N5O2/c34-20-2-1-19-11-24(42)13-28(27(19)12-20)25-5-6-26-30(29(25)36)38-32(39-31(26)41-15-22-3-4-23(16-41)37-22)43-18-33(8-9-33)17-40-10-7-21(35)14-40/h1-2,5-6,11-13,21-23,37,42H,3-4,7-10,14-18H2. The molecule has 3 aromatic carbocycles. The zero-order valence-corrected chi connectivity index (χ0v) is 23.8. The van der Waals surface area contributed by atoms with Crippen molar-refractivity contribution in [2.45, 2.75) is 50.4 Å².